The number of hydrogen-bond acceptors (Lipinski definition) is 3. The van der Waals surface area contributed by atoms with Gasteiger partial charge in [0.2, 0.25) is 0 Å². The van der Waals surface area contributed by atoms with E-state index < -0.39 is 0 Å². The molecule has 102 valence electrons. The second kappa shape index (κ2) is 7.04. The Morgan fingerprint density at radius 1 is 1.42 bits per heavy atom. The van der Waals surface area contributed by atoms with Crippen LogP contribution in [0.25, 0.3) is 0 Å². The van der Waals surface area contributed by atoms with Crippen LogP contribution in [-0.2, 0) is 6.42 Å². The average Bonchev–Trinajstić information content (AvgIpc) is 2.80. The Hall–Kier alpha value is -0.900. The molecule has 1 aromatic carbocycles. The topological polar surface area (TPSA) is 24.9 Å². The van der Waals surface area contributed by atoms with Gasteiger partial charge in [-0.1, -0.05) is 30.7 Å². The molecule has 0 aliphatic heterocycles. The van der Waals surface area contributed by atoms with Crippen LogP contribution in [0.4, 0.5) is 0 Å². The van der Waals surface area contributed by atoms with Crippen LogP contribution in [0, 0.1) is 6.92 Å². The Kier molecular flexibility index (Phi) is 5.37. The zero-order valence-corrected chi connectivity index (χ0v) is 12.9. The summed E-state index contributed by atoms with van der Waals surface area (Å²) in [5, 5.41) is 7.64. The summed E-state index contributed by atoms with van der Waals surface area (Å²) in [6, 6.07) is 8.36. The minimum atomic E-state index is 0.282. The molecule has 0 aliphatic rings. The van der Waals surface area contributed by atoms with E-state index in [2.05, 4.69) is 28.7 Å². The van der Waals surface area contributed by atoms with Gasteiger partial charge in [-0.2, -0.15) is 0 Å². The maximum absolute atomic E-state index is 6.09. The van der Waals surface area contributed by atoms with Crippen LogP contribution < -0.4 is 5.32 Å². The lowest BCUT2D eigenvalue weighted by molar-refractivity contribution is 0.528. The number of halogens is 1. The smallest absolute Gasteiger partial charge is 0.0947 e. The first-order chi connectivity index (χ1) is 9.19. The van der Waals surface area contributed by atoms with E-state index in [4.69, 9.17) is 11.6 Å². The van der Waals surface area contributed by atoms with Gasteiger partial charge < -0.3 is 5.32 Å². The fourth-order valence-electron chi connectivity index (χ4n) is 2.02. The molecule has 1 N–H and O–H groups in total. The van der Waals surface area contributed by atoms with Crippen molar-refractivity contribution in [3.05, 3.63) is 50.9 Å². The predicted octanol–water partition coefficient (Wildman–Crippen LogP) is 4.39. The quantitative estimate of drug-likeness (QED) is 0.855. The summed E-state index contributed by atoms with van der Waals surface area (Å²) in [6.07, 6.45) is 2.03. The van der Waals surface area contributed by atoms with Crippen LogP contribution in [0.2, 0.25) is 5.02 Å². The second-order valence-electron chi connectivity index (χ2n) is 4.65. The first kappa shape index (κ1) is 14.5. The Labute approximate surface area is 123 Å². The van der Waals surface area contributed by atoms with Crippen molar-refractivity contribution in [3.8, 4) is 0 Å². The van der Waals surface area contributed by atoms with Crippen molar-refractivity contribution in [1.29, 1.82) is 0 Å². The largest absolute Gasteiger partial charge is 0.310 e. The van der Waals surface area contributed by atoms with E-state index in [1.165, 1.54) is 10.6 Å². The molecule has 0 saturated heterocycles. The fourth-order valence-corrected chi connectivity index (χ4v) is 3.04. The number of thiazole rings is 1. The van der Waals surface area contributed by atoms with Crippen LogP contribution in [0.15, 0.2) is 29.6 Å². The summed E-state index contributed by atoms with van der Waals surface area (Å²) in [4.78, 5) is 4.55. The van der Waals surface area contributed by atoms with Crippen molar-refractivity contribution in [2.24, 2.45) is 0 Å². The Morgan fingerprint density at radius 3 is 2.89 bits per heavy atom. The van der Waals surface area contributed by atoms with Crippen molar-refractivity contribution in [2.45, 2.75) is 32.7 Å². The van der Waals surface area contributed by atoms with Crippen molar-refractivity contribution < 1.29 is 0 Å². The number of hydrogen-bond donors (Lipinski definition) is 1. The number of aromatic nitrogens is 1. The zero-order valence-electron chi connectivity index (χ0n) is 11.3. The Balaban J connectivity index is 2.15. The molecule has 0 bridgehead atoms. The molecule has 2 aromatic rings. The highest BCUT2D eigenvalue weighted by atomic mass is 35.5. The first-order valence-electron chi connectivity index (χ1n) is 6.59. The lowest BCUT2D eigenvalue weighted by Crippen LogP contribution is -2.24. The van der Waals surface area contributed by atoms with Crippen molar-refractivity contribution >= 4 is 22.9 Å². The molecule has 19 heavy (non-hydrogen) atoms. The fraction of sp³-hybridized carbons (Fsp3) is 0.400. The van der Waals surface area contributed by atoms with Gasteiger partial charge in [-0.3, -0.25) is 0 Å². The molecule has 4 heteroatoms. The molecule has 0 radical (unpaired) electrons. The third kappa shape index (κ3) is 4.30. The molecular formula is C15H19ClN2S. The molecule has 1 atom stereocenters. The highest BCUT2D eigenvalue weighted by molar-refractivity contribution is 7.09. The molecule has 0 saturated carbocycles. The molecule has 0 aliphatic carbocycles. The van der Waals surface area contributed by atoms with Gasteiger partial charge in [-0.05, 0) is 37.6 Å². The third-order valence-electron chi connectivity index (χ3n) is 2.94. The minimum Gasteiger partial charge on any atom is -0.310 e. The molecule has 2 nitrogen and oxygen atoms in total. The van der Waals surface area contributed by atoms with Gasteiger partial charge in [0, 0.05) is 28.6 Å². The number of rotatable bonds is 6. The number of aryl methyl sites for hydroxylation is 1. The lowest BCUT2D eigenvalue weighted by atomic mass is 10.0. The van der Waals surface area contributed by atoms with Gasteiger partial charge in [0.05, 0.1) is 5.01 Å². The SMILES string of the molecule is CCCNC(Cc1nc(C)cs1)c1cccc(Cl)c1. The van der Waals surface area contributed by atoms with Crippen molar-refractivity contribution in [2.75, 3.05) is 6.54 Å². The summed E-state index contributed by atoms with van der Waals surface area (Å²) < 4.78 is 0. The van der Waals surface area contributed by atoms with Crippen LogP contribution in [0.5, 0.6) is 0 Å². The maximum atomic E-state index is 6.09. The number of nitrogens with zero attached hydrogens (tertiary/aromatic N) is 1. The summed E-state index contributed by atoms with van der Waals surface area (Å²) in [5.74, 6) is 0. The van der Waals surface area contributed by atoms with E-state index in [0.717, 1.165) is 30.1 Å². The zero-order chi connectivity index (χ0) is 13.7. The molecule has 2 rings (SSSR count). The van der Waals surface area contributed by atoms with Crippen molar-refractivity contribution in [3.63, 3.8) is 0 Å². The highest BCUT2D eigenvalue weighted by Gasteiger charge is 2.13. The Bertz CT molecular complexity index is 524. The molecule has 0 amide bonds. The minimum absolute atomic E-state index is 0.282. The summed E-state index contributed by atoms with van der Waals surface area (Å²) in [5.41, 5.74) is 2.33. The highest BCUT2D eigenvalue weighted by Crippen LogP contribution is 2.23. The third-order valence-corrected chi connectivity index (χ3v) is 4.16. The van der Waals surface area contributed by atoms with E-state index in [1.54, 1.807) is 11.3 Å². The molecule has 0 spiro atoms. The van der Waals surface area contributed by atoms with Crippen LogP contribution in [-0.4, -0.2) is 11.5 Å². The van der Waals surface area contributed by atoms with Gasteiger partial charge in [0.15, 0.2) is 0 Å². The number of benzene rings is 1. The summed E-state index contributed by atoms with van der Waals surface area (Å²) in [6.45, 7) is 5.21. The standard InChI is InChI=1S/C15H19ClN2S/c1-3-7-17-14(9-15-18-11(2)10-19-15)12-5-4-6-13(16)8-12/h4-6,8,10,14,17H,3,7,9H2,1-2H3. The summed E-state index contributed by atoms with van der Waals surface area (Å²) >= 11 is 7.82. The van der Waals surface area contributed by atoms with E-state index in [-0.39, 0.29) is 6.04 Å². The molecule has 1 unspecified atom stereocenters. The normalized spacial score (nSPS) is 12.6. The van der Waals surface area contributed by atoms with Gasteiger partial charge in [0.1, 0.15) is 0 Å². The van der Waals surface area contributed by atoms with E-state index in [1.807, 2.05) is 25.1 Å². The molecule has 1 aromatic heterocycles. The molecular weight excluding hydrogens is 276 g/mol. The van der Waals surface area contributed by atoms with Gasteiger partial charge >= 0.3 is 0 Å². The predicted molar refractivity (Wildman–Crippen MR) is 83.0 cm³/mol. The van der Waals surface area contributed by atoms with Crippen LogP contribution in [0.3, 0.4) is 0 Å². The molecule has 1 heterocycles. The first-order valence-corrected chi connectivity index (χ1v) is 7.84. The van der Waals surface area contributed by atoms with E-state index in [0.29, 0.717) is 0 Å². The lowest BCUT2D eigenvalue weighted by Gasteiger charge is -2.18. The van der Waals surface area contributed by atoms with Crippen LogP contribution >= 0.6 is 22.9 Å². The average molecular weight is 295 g/mol. The monoisotopic (exact) mass is 294 g/mol. The Morgan fingerprint density at radius 2 is 2.26 bits per heavy atom. The van der Waals surface area contributed by atoms with E-state index in [9.17, 15) is 0 Å². The van der Waals surface area contributed by atoms with Gasteiger partial charge in [-0.15, -0.1) is 11.3 Å². The summed E-state index contributed by atoms with van der Waals surface area (Å²) in [7, 11) is 0. The number of nitrogens with one attached hydrogen (secondary N) is 1. The maximum Gasteiger partial charge on any atom is 0.0947 e. The van der Waals surface area contributed by atoms with Crippen LogP contribution in [0.1, 0.15) is 35.7 Å². The van der Waals surface area contributed by atoms with Gasteiger partial charge in [0.25, 0.3) is 0 Å². The molecule has 0 fully saturated rings. The van der Waals surface area contributed by atoms with Crippen molar-refractivity contribution in [1.82, 2.24) is 10.3 Å². The van der Waals surface area contributed by atoms with Gasteiger partial charge in [-0.25, -0.2) is 4.98 Å². The second-order valence-corrected chi connectivity index (χ2v) is 6.03. The van der Waals surface area contributed by atoms with E-state index >= 15 is 0 Å².